The van der Waals surface area contributed by atoms with Gasteiger partial charge in [0.1, 0.15) is 0 Å². The largest absolute Gasteiger partial charge is 0.345 e. The second kappa shape index (κ2) is 9.98. The van der Waals surface area contributed by atoms with E-state index in [2.05, 4.69) is 10.6 Å². The van der Waals surface area contributed by atoms with Crippen molar-refractivity contribution >= 4 is 29.3 Å². The van der Waals surface area contributed by atoms with Crippen molar-refractivity contribution in [2.75, 3.05) is 5.32 Å². The van der Waals surface area contributed by atoms with Gasteiger partial charge in [-0.2, -0.15) is 0 Å². The smallest absolute Gasteiger partial charge is 0.270 e. The summed E-state index contributed by atoms with van der Waals surface area (Å²) in [7, 11) is 0. The van der Waals surface area contributed by atoms with Crippen LogP contribution in [0, 0.1) is 10.1 Å². The Morgan fingerprint density at radius 3 is 2.42 bits per heavy atom. The average molecular weight is 415 g/mol. The first-order chi connectivity index (χ1) is 14.9. The van der Waals surface area contributed by atoms with Crippen molar-refractivity contribution in [1.82, 2.24) is 5.32 Å². The molecule has 0 aliphatic rings. The first-order valence-electron chi connectivity index (χ1n) is 9.62. The minimum absolute atomic E-state index is 0.0582. The molecule has 0 fully saturated rings. The predicted octanol–water partition coefficient (Wildman–Crippen LogP) is 4.74. The number of nitro groups is 1. The van der Waals surface area contributed by atoms with E-state index in [-0.39, 0.29) is 17.6 Å². The van der Waals surface area contributed by atoms with Gasteiger partial charge in [-0.25, -0.2) is 0 Å². The monoisotopic (exact) mass is 415 g/mol. The minimum atomic E-state index is -0.497. The number of benzene rings is 3. The number of hydrogen-bond donors (Lipinski definition) is 2. The third-order valence-electron chi connectivity index (χ3n) is 4.58. The highest BCUT2D eigenvalue weighted by Crippen LogP contribution is 2.18. The summed E-state index contributed by atoms with van der Waals surface area (Å²) in [5.41, 5.74) is 2.14. The molecule has 0 heterocycles. The lowest BCUT2D eigenvalue weighted by atomic mass is 10.1. The number of non-ortho nitro benzene ring substituents is 1. The third kappa shape index (κ3) is 5.86. The van der Waals surface area contributed by atoms with E-state index in [9.17, 15) is 19.7 Å². The summed E-state index contributed by atoms with van der Waals surface area (Å²) < 4.78 is 0. The quantitative estimate of drug-likeness (QED) is 0.331. The number of para-hydroxylation sites is 1. The van der Waals surface area contributed by atoms with Gasteiger partial charge in [0.15, 0.2) is 0 Å². The van der Waals surface area contributed by atoms with Crippen molar-refractivity contribution in [1.29, 1.82) is 0 Å². The van der Waals surface area contributed by atoms with E-state index in [0.717, 1.165) is 5.56 Å². The van der Waals surface area contributed by atoms with Crippen LogP contribution in [0.2, 0.25) is 0 Å². The van der Waals surface area contributed by atoms with Gasteiger partial charge in [-0.05, 0) is 36.3 Å². The van der Waals surface area contributed by atoms with Crippen molar-refractivity contribution in [3.63, 3.8) is 0 Å². The molecule has 7 heteroatoms. The fraction of sp³-hybridized carbons (Fsp3) is 0.0833. The second-order valence-electron chi connectivity index (χ2n) is 6.83. The lowest BCUT2D eigenvalue weighted by Gasteiger charge is -2.16. The Labute approximate surface area is 179 Å². The fourth-order valence-corrected chi connectivity index (χ4v) is 2.98. The highest BCUT2D eigenvalue weighted by atomic mass is 16.6. The standard InChI is InChI=1S/C24H21N3O4/c1-17(19-9-3-2-4-10-19)25-24(29)21-12-5-6-13-22(21)26-23(28)15-14-18-8-7-11-20(16-18)27(30)31/h2-17H,1H3,(H,25,29)(H,26,28)/b15-14+/t17-/m0/s1. The molecule has 0 aliphatic carbocycles. The molecule has 0 saturated carbocycles. The molecule has 2 amide bonds. The molecule has 0 spiro atoms. The number of amides is 2. The maximum absolute atomic E-state index is 12.8. The SMILES string of the molecule is C[C@H](NC(=O)c1ccccc1NC(=O)/C=C/c1cccc([N+](=O)[O-])c1)c1ccccc1. The van der Waals surface area contributed by atoms with Crippen LogP contribution in [0.25, 0.3) is 6.08 Å². The van der Waals surface area contributed by atoms with Gasteiger partial charge in [0.2, 0.25) is 5.91 Å². The predicted molar refractivity (Wildman–Crippen MR) is 120 cm³/mol. The Balaban J connectivity index is 1.70. The Bertz CT molecular complexity index is 1130. The summed E-state index contributed by atoms with van der Waals surface area (Å²) in [5, 5.41) is 16.5. The minimum Gasteiger partial charge on any atom is -0.345 e. The van der Waals surface area contributed by atoms with Crippen LogP contribution in [-0.2, 0) is 4.79 Å². The number of rotatable bonds is 7. The first kappa shape index (κ1) is 21.4. The maximum Gasteiger partial charge on any atom is 0.270 e. The van der Waals surface area contributed by atoms with Crippen molar-refractivity contribution in [2.45, 2.75) is 13.0 Å². The van der Waals surface area contributed by atoms with E-state index in [1.54, 1.807) is 36.4 Å². The van der Waals surface area contributed by atoms with Crippen LogP contribution in [0.4, 0.5) is 11.4 Å². The van der Waals surface area contributed by atoms with Crippen molar-refractivity contribution in [3.8, 4) is 0 Å². The number of nitro benzene ring substituents is 1. The molecule has 7 nitrogen and oxygen atoms in total. The zero-order valence-corrected chi connectivity index (χ0v) is 16.8. The average Bonchev–Trinajstić information content (AvgIpc) is 2.78. The normalized spacial score (nSPS) is 11.6. The van der Waals surface area contributed by atoms with E-state index in [0.29, 0.717) is 16.8 Å². The molecular weight excluding hydrogens is 394 g/mol. The van der Waals surface area contributed by atoms with Gasteiger partial charge in [-0.1, -0.05) is 54.6 Å². The molecule has 3 aromatic rings. The number of nitrogens with zero attached hydrogens (tertiary/aromatic N) is 1. The van der Waals surface area contributed by atoms with E-state index in [4.69, 9.17) is 0 Å². The molecular formula is C24H21N3O4. The molecule has 0 aliphatic heterocycles. The van der Waals surface area contributed by atoms with Crippen LogP contribution in [0.1, 0.15) is 34.5 Å². The fourth-order valence-electron chi connectivity index (χ4n) is 2.98. The number of carbonyl (C=O) groups excluding carboxylic acids is 2. The Hall–Kier alpha value is -4.26. The van der Waals surface area contributed by atoms with Gasteiger partial charge < -0.3 is 10.6 Å². The van der Waals surface area contributed by atoms with Gasteiger partial charge in [0.25, 0.3) is 11.6 Å². The summed E-state index contributed by atoms with van der Waals surface area (Å²) in [4.78, 5) is 35.5. The third-order valence-corrected chi connectivity index (χ3v) is 4.58. The highest BCUT2D eigenvalue weighted by Gasteiger charge is 2.15. The molecule has 156 valence electrons. The molecule has 3 aromatic carbocycles. The summed E-state index contributed by atoms with van der Waals surface area (Å²) in [6, 6.07) is 22.0. The zero-order valence-electron chi connectivity index (χ0n) is 16.8. The van der Waals surface area contributed by atoms with Crippen LogP contribution in [-0.4, -0.2) is 16.7 Å². The molecule has 0 aromatic heterocycles. The molecule has 0 radical (unpaired) electrons. The lowest BCUT2D eigenvalue weighted by Crippen LogP contribution is -2.27. The number of hydrogen-bond acceptors (Lipinski definition) is 4. The van der Waals surface area contributed by atoms with Gasteiger partial charge in [0.05, 0.1) is 22.2 Å². The number of carbonyl (C=O) groups is 2. The summed E-state index contributed by atoms with van der Waals surface area (Å²) in [6.45, 7) is 1.89. The molecule has 1 atom stereocenters. The highest BCUT2D eigenvalue weighted by molar-refractivity contribution is 6.07. The Morgan fingerprint density at radius 1 is 0.968 bits per heavy atom. The Morgan fingerprint density at radius 2 is 1.68 bits per heavy atom. The zero-order chi connectivity index (χ0) is 22.2. The van der Waals surface area contributed by atoms with Gasteiger partial charge in [0, 0.05) is 18.2 Å². The summed E-state index contributed by atoms with van der Waals surface area (Å²) in [5.74, 6) is -0.766. The topological polar surface area (TPSA) is 101 Å². The molecule has 0 saturated heterocycles. The van der Waals surface area contributed by atoms with Crippen LogP contribution in [0.3, 0.4) is 0 Å². The summed E-state index contributed by atoms with van der Waals surface area (Å²) >= 11 is 0. The van der Waals surface area contributed by atoms with E-state index >= 15 is 0 Å². The maximum atomic E-state index is 12.8. The molecule has 2 N–H and O–H groups in total. The van der Waals surface area contributed by atoms with Gasteiger partial charge >= 0.3 is 0 Å². The second-order valence-corrected chi connectivity index (χ2v) is 6.83. The van der Waals surface area contributed by atoms with Gasteiger partial charge in [-0.15, -0.1) is 0 Å². The van der Waals surface area contributed by atoms with E-state index < -0.39 is 10.8 Å². The van der Waals surface area contributed by atoms with Crippen molar-refractivity contribution < 1.29 is 14.5 Å². The number of anilines is 1. The molecule has 31 heavy (non-hydrogen) atoms. The first-order valence-corrected chi connectivity index (χ1v) is 9.62. The van der Waals surface area contributed by atoms with Crippen LogP contribution >= 0.6 is 0 Å². The molecule has 0 bridgehead atoms. The van der Waals surface area contributed by atoms with Gasteiger partial charge in [-0.3, -0.25) is 19.7 Å². The van der Waals surface area contributed by atoms with E-state index in [1.807, 2.05) is 37.3 Å². The lowest BCUT2D eigenvalue weighted by molar-refractivity contribution is -0.384. The molecule has 0 unspecified atom stereocenters. The van der Waals surface area contributed by atoms with Crippen molar-refractivity contribution in [3.05, 3.63) is 112 Å². The summed E-state index contributed by atoms with van der Waals surface area (Å²) in [6.07, 6.45) is 2.74. The van der Waals surface area contributed by atoms with Crippen LogP contribution in [0.15, 0.2) is 84.9 Å². The number of nitrogens with one attached hydrogen (secondary N) is 2. The van der Waals surface area contributed by atoms with Crippen LogP contribution < -0.4 is 10.6 Å². The van der Waals surface area contributed by atoms with Crippen molar-refractivity contribution in [2.24, 2.45) is 0 Å². The van der Waals surface area contributed by atoms with Crippen LogP contribution in [0.5, 0.6) is 0 Å². The Kier molecular flexibility index (Phi) is 6.90. The molecule has 3 rings (SSSR count). The van der Waals surface area contributed by atoms with E-state index in [1.165, 1.54) is 24.3 Å².